The first kappa shape index (κ1) is 16.5. The number of benzene rings is 1. The Labute approximate surface area is 156 Å². The zero-order valence-electron chi connectivity index (χ0n) is 14.9. The van der Waals surface area contributed by atoms with Crippen LogP contribution in [0.25, 0.3) is 5.69 Å². The number of tetrazole rings is 1. The average Bonchev–Trinajstić information content (AvgIpc) is 3.35. The number of nitrogens with zero attached hydrogens (tertiary/aromatic N) is 8. The van der Waals surface area contributed by atoms with Crippen LogP contribution in [0.2, 0.25) is 0 Å². The molecule has 0 saturated carbocycles. The lowest BCUT2D eigenvalue weighted by Gasteiger charge is -2.26. The maximum Gasteiger partial charge on any atom is 0.172 e. The van der Waals surface area contributed by atoms with Gasteiger partial charge in [0.2, 0.25) is 0 Å². The summed E-state index contributed by atoms with van der Waals surface area (Å²) in [4.78, 5) is 2.38. The molecule has 1 saturated heterocycles. The molecule has 1 N–H and O–H groups in total. The van der Waals surface area contributed by atoms with Gasteiger partial charge < -0.3 is 4.74 Å². The van der Waals surface area contributed by atoms with E-state index in [0.29, 0.717) is 6.54 Å². The number of para-hydroxylation sites is 1. The van der Waals surface area contributed by atoms with Gasteiger partial charge in [-0.3, -0.25) is 10.2 Å². The normalized spacial score (nSPS) is 20.1. The maximum absolute atomic E-state index is 5.42. The van der Waals surface area contributed by atoms with E-state index < -0.39 is 0 Å². The van der Waals surface area contributed by atoms with E-state index in [0.717, 1.165) is 62.2 Å². The van der Waals surface area contributed by atoms with E-state index in [9.17, 15) is 0 Å². The van der Waals surface area contributed by atoms with E-state index in [1.165, 1.54) is 0 Å². The van der Waals surface area contributed by atoms with E-state index in [2.05, 4.69) is 48.2 Å². The molecule has 1 unspecified atom stereocenters. The number of ether oxygens (including phenoxy) is 1. The van der Waals surface area contributed by atoms with Crippen LogP contribution < -0.4 is 5.32 Å². The SMILES string of the molecule is c1ccc2c(c1)C(c1nnnn1CCN1CCOCC1)NCc1cnnn1-2. The molecule has 0 bridgehead atoms. The molecule has 1 fully saturated rings. The fourth-order valence-electron chi connectivity index (χ4n) is 3.69. The van der Waals surface area contributed by atoms with Gasteiger partial charge in [0.25, 0.3) is 0 Å². The third-order valence-corrected chi connectivity index (χ3v) is 5.13. The van der Waals surface area contributed by atoms with Crippen molar-refractivity contribution in [2.24, 2.45) is 0 Å². The first-order valence-corrected chi connectivity index (χ1v) is 9.18. The molecule has 2 aliphatic rings. The lowest BCUT2D eigenvalue weighted by Crippen LogP contribution is -2.38. The molecule has 0 spiro atoms. The second kappa shape index (κ2) is 7.14. The van der Waals surface area contributed by atoms with Gasteiger partial charge in [-0.15, -0.1) is 10.2 Å². The van der Waals surface area contributed by atoms with Crippen LogP contribution in [-0.4, -0.2) is 72.9 Å². The summed E-state index contributed by atoms with van der Waals surface area (Å²) in [6.07, 6.45) is 1.79. The van der Waals surface area contributed by atoms with Gasteiger partial charge in [-0.25, -0.2) is 9.36 Å². The summed E-state index contributed by atoms with van der Waals surface area (Å²) in [6, 6.07) is 8.06. The average molecular weight is 367 g/mol. The minimum Gasteiger partial charge on any atom is -0.379 e. The molecule has 10 heteroatoms. The molecule has 2 aromatic heterocycles. The highest BCUT2D eigenvalue weighted by molar-refractivity contribution is 5.46. The topological polar surface area (TPSA) is 98.8 Å². The van der Waals surface area contributed by atoms with Gasteiger partial charge >= 0.3 is 0 Å². The number of fused-ring (bicyclic) bond motifs is 3. The Kier molecular flexibility index (Phi) is 4.36. The van der Waals surface area contributed by atoms with Crippen LogP contribution in [0.5, 0.6) is 0 Å². The quantitative estimate of drug-likeness (QED) is 0.676. The summed E-state index contributed by atoms with van der Waals surface area (Å²) >= 11 is 0. The number of hydrogen-bond acceptors (Lipinski definition) is 8. The zero-order chi connectivity index (χ0) is 18.1. The highest BCUT2D eigenvalue weighted by atomic mass is 16.5. The molecule has 3 aromatic rings. The number of hydrogen-bond donors (Lipinski definition) is 1. The monoisotopic (exact) mass is 367 g/mol. The molecule has 0 amide bonds. The first-order chi connectivity index (χ1) is 13.4. The number of aromatic nitrogens is 7. The van der Waals surface area contributed by atoms with Crippen molar-refractivity contribution in [2.45, 2.75) is 19.1 Å². The third kappa shape index (κ3) is 3.11. The lowest BCUT2D eigenvalue weighted by atomic mass is 10.0. The van der Waals surface area contributed by atoms with Gasteiger partial charge in [-0.2, -0.15) is 0 Å². The maximum atomic E-state index is 5.42. The van der Waals surface area contributed by atoms with E-state index >= 15 is 0 Å². The van der Waals surface area contributed by atoms with Gasteiger partial charge in [0, 0.05) is 31.7 Å². The number of rotatable bonds is 4. The highest BCUT2D eigenvalue weighted by Crippen LogP contribution is 2.29. The Bertz CT molecular complexity index is 915. The van der Waals surface area contributed by atoms with Crippen LogP contribution in [0.1, 0.15) is 23.1 Å². The van der Waals surface area contributed by atoms with E-state index in [4.69, 9.17) is 4.74 Å². The first-order valence-electron chi connectivity index (χ1n) is 9.18. The second-order valence-electron chi connectivity index (χ2n) is 6.72. The van der Waals surface area contributed by atoms with Crippen molar-refractivity contribution >= 4 is 0 Å². The third-order valence-electron chi connectivity index (χ3n) is 5.13. The summed E-state index contributed by atoms with van der Waals surface area (Å²) in [5.41, 5.74) is 3.10. The Morgan fingerprint density at radius 3 is 2.93 bits per heavy atom. The van der Waals surface area contributed by atoms with Crippen LogP contribution >= 0.6 is 0 Å². The van der Waals surface area contributed by atoms with E-state index in [1.807, 2.05) is 21.5 Å². The van der Waals surface area contributed by atoms with Crippen molar-refractivity contribution in [3.63, 3.8) is 0 Å². The molecule has 0 aliphatic carbocycles. The molecular weight excluding hydrogens is 346 g/mol. The Balaban J connectivity index is 1.43. The minimum absolute atomic E-state index is 0.109. The fraction of sp³-hybridized carbons (Fsp3) is 0.471. The van der Waals surface area contributed by atoms with Gasteiger partial charge in [-0.1, -0.05) is 23.4 Å². The highest BCUT2D eigenvalue weighted by Gasteiger charge is 2.28. The standard InChI is InChI=1S/C17H21N9O/c1-2-4-15-14(3-1)16(18-11-13-12-19-22-26(13)15)17-20-21-23-25(17)6-5-24-7-9-27-10-8-24/h1-4,12,16,18H,5-11H2. The molecule has 2 aliphatic heterocycles. The van der Waals surface area contributed by atoms with Crippen molar-refractivity contribution in [3.8, 4) is 5.69 Å². The number of nitrogens with one attached hydrogen (secondary N) is 1. The van der Waals surface area contributed by atoms with E-state index in [-0.39, 0.29) is 6.04 Å². The summed E-state index contributed by atoms with van der Waals surface area (Å²) in [7, 11) is 0. The molecule has 1 aromatic carbocycles. The summed E-state index contributed by atoms with van der Waals surface area (Å²) < 4.78 is 9.20. The van der Waals surface area contributed by atoms with Crippen LogP contribution in [-0.2, 0) is 17.8 Å². The van der Waals surface area contributed by atoms with Gasteiger partial charge in [0.1, 0.15) is 0 Å². The Morgan fingerprint density at radius 2 is 2.00 bits per heavy atom. The van der Waals surface area contributed by atoms with Crippen LogP contribution in [0.4, 0.5) is 0 Å². The number of morpholine rings is 1. The summed E-state index contributed by atoms with van der Waals surface area (Å²) in [5, 5.41) is 24.4. The van der Waals surface area contributed by atoms with Crippen molar-refractivity contribution in [2.75, 3.05) is 32.8 Å². The largest absolute Gasteiger partial charge is 0.379 e. The van der Waals surface area contributed by atoms with Crippen molar-refractivity contribution in [3.05, 3.63) is 47.5 Å². The van der Waals surface area contributed by atoms with Gasteiger partial charge in [-0.05, 0) is 16.5 Å². The Hall–Kier alpha value is -2.69. The molecule has 140 valence electrons. The van der Waals surface area contributed by atoms with Crippen molar-refractivity contribution in [1.82, 2.24) is 45.4 Å². The summed E-state index contributed by atoms with van der Waals surface area (Å²) in [6.45, 7) is 5.78. The second-order valence-corrected chi connectivity index (χ2v) is 6.72. The van der Waals surface area contributed by atoms with Crippen LogP contribution in [0, 0.1) is 0 Å². The lowest BCUT2D eigenvalue weighted by molar-refractivity contribution is 0.0357. The smallest absolute Gasteiger partial charge is 0.172 e. The van der Waals surface area contributed by atoms with Crippen molar-refractivity contribution in [1.29, 1.82) is 0 Å². The molecular formula is C17H21N9O. The van der Waals surface area contributed by atoms with Gasteiger partial charge in [0.05, 0.1) is 43.4 Å². The molecule has 10 nitrogen and oxygen atoms in total. The van der Waals surface area contributed by atoms with Gasteiger partial charge in [0.15, 0.2) is 5.82 Å². The van der Waals surface area contributed by atoms with Crippen LogP contribution in [0.3, 0.4) is 0 Å². The molecule has 1 atom stereocenters. The predicted octanol–water partition coefficient (Wildman–Crippen LogP) is -0.221. The van der Waals surface area contributed by atoms with Crippen molar-refractivity contribution < 1.29 is 4.74 Å². The Morgan fingerprint density at radius 1 is 1.11 bits per heavy atom. The fourth-order valence-corrected chi connectivity index (χ4v) is 3.69. The minimum atomic E-state index is -0.109. The predicted molar refractivity (Wildman–Crippen MR) is 95.1 cm³/mol. The molecule has 4 heterocycles. The molecule has 27 heavy (non-hydrogen) atoms. The zero-order valence-corrected chi connectivity index (χ0v) is 14.9. The molecule has 0 radical (unpaired) electrons. The van der Waals surface area contributed by atoms with E-state index in [1.54, 1.807) is 6.20 Å². The summed E-state index contributed by atoms with van der Waals surface area (Å²) in [5.74, 6) is 0.814. The van der Waals surface area contributed by atoms with Crippen LogP contribution in [0.15, 0.2) is 30.5 Å². The molecule has 5 rings (SSSR count).